The van der Waals surface area contributed by atoms with Crippen molar-refractivity contribution in [3.63, 3.8) is 0 Å². The van der Waals surface area contributed by atoms with Crippen molar-refractivity contribution in [2.24, 2.45) is 0 Å². The molecule has 5 heteroatoms. The van der Waals surface area contributed by atoms with Crippen molar-refractivity contribution in [2.75, 3.05) is 5.88 Å². The van der Waals surface area contributed by atoms with Gasteiger partial charge in [0.1, 0.15) is 11.9 Å². The molecule has 3 nitrogen and oxygen atoms in total. The van der Waals surface area contributed by atoms with E-state index in [1.165, 1.54) is 6.07 Å². The van der Waals surface area contributed by atoms with Gasteiger partial charge < -0.3 is 15.3 Å². The molecule has 0 heterocycles. The lowest BCUT2D eigenvalue weighted by Gasteiger charge is -2.18. The Hall–Kier alpha value is -0.680. The van der Waals surface area contributed by atoms with E-state index in [0.717, 1.165) is 12.1 Å². The van der Waals surface area contributed by atoms with Crippen molar-refractivity contribution in [2.45, 2.75) is 18.8 Å². The molecule has 2 unspecified atom stereocenters. The molecule has 0 amide bonds. The van der Waals surface area contributed by atoms with Crippen LogP contribution in [0, 0.1) is 5.82 Å². The quantitative estimate of drug-likeness (QED) is 0.680. The molecule has 0 radical (unpaired) electrons. The van der Waals surface area contributed by atoms with Gasteiger partial charge in [-0.2, -0.15) is 0 Å². The Morgan fingerprint density at radius 3 is 2.53 bits per heavy atom. The maximum atomic E-state index is 12.8. The van der Waals surface area contributed by atoms with Crippen LogP contribution in [0.2, 0.25) is 0 Å². The van der Waals surface area contributed by atoms with Gasteiger partial charge in [-0.15, -0.1) is 11.6 Å². The van der Waals surface area contributed by atoms with Crippen LogP contribution in [0.3, 0.4) is 0 Å². The number of alkyl halides is 1. The standard InChI is InChI=1S/C10H12ClFO3/c11-4-9(14)10(15)8-2-1-7(12)3-6(8)5-13/h1-3,9-10,13-15H,4-5H2. The molecule has 15 heavy (non-hydrogen) atoms. The highest BCUT2D eigenvalue weighted by atomic mass is 35.5. The van der Waals surface area contributed by atoms with Crippen LogP contribution in [-0.4, -0.2) is 27.3 Å². The fourth-order valence-corrected chi connectivity index (χ4v) is 1.46. The Morgan fingerprint density at radius 2 is 2.00 bits per heavy atom. The van der Waals surface area contributed by atoms with Crippen LogP contribution in [0.25, 0.3) is 0 Å². The minimum absolute atomic E-state index is 0.136. The molecule has 0 saturated heterocycles. The van der Waals surface area contributed by atoms with Crippen LogP contribution in [0.4, 0.5) is 4.39 Å². The lowest BCUT2D eigenvalue weighted by molar-refractivity contribution is 0.0314. The van der Waals surface area contributed by atoms with E-state index < -0.39 is 24.6 Å². The van der Waals surface area contributed by atoms with E-state index in [0.29, 0.717) is 0 Å². The summed E-state index contributed by atoms with van der Waals surface area (Å²) in [6.45, 7) is -0.404. The second-order valence-corrected chi connectivity index (χ2v) is 3.48. The molecular weight excluding hydrogens is 223 g/mol. The number of rotatable bonds is 4. The molecule has 0 aliphatic rings. The fraction of sp³-hybridized carbons (Fsp3) is 0.400. The van der Waals surface area contributed by atoms with Crippen LogP contribution in [-0.2, 0) is 6.61 Å². The smallest absolute Gasteiger partial charge is 0.123 e. The van der Waals surface area contributed by atoms with Crippen LogP contribution in [0.5, 0.6) is 0 Å². The summed E-state index contributed by atoms with van der Waals surface area (Å²) in [5, 5.41) is 27.9. The second kappa shape index (κ2) is 5.42. The molecule has 0 spiro atoms. The number of hydrogen-bond donors (Lipinski definition) is 3. The average molecular weight is 235 g/mol. The van der Waals surface area contributed by atoms with Gasteiger partial charge in [-0.05, 0) is 23.3 Å². The number of halogens is 2. The highest BCUT2D eigenvalue weighted by Gasteiger charge is 2.20. The summed E-state index contributed by atoms with van der Waals surface area (Å²) >= 11 is 5.38. The zero-order valence-corrected chi connectivity index (χ0v) is 8.65. The van der Waals surface area contributed by atoms with Gasteiger partial charge in [-0.25, -0.2) is 4.39 Å². The topological polar surface area (TPSA) is 60.7 Å². The van der Waals surface area contributed by atoms with Crippen molar-refractivity contribution in [3.8, 4) is 0 Å². The summed E-state index contributed by atoms with van der Waals surface area (Å²) in [7, 11) is 0. The molecule has 0 aliphatic carbocycles. The van der Waals surface area contributed by atoms with Gasteiger partial charge in [0.15, 0.2) is 0 Å². The summed E-state index contributed by atoms with van der Waals surface area (Å²) < 4.78 is 12.8. The van der Waals surface area contributed by atoms with E-state index in [9.17, 15) is 14.6 Å². The minimum Gasteiger partial charge on any atom is -0.392 e. The number of benzene rings is 1. The van der Waals surface area contributed by atoms with Crippen LogP contribution in [0.15, 0.2) is 18.2 Å². The Balaban J connectivity index is 3.02. The van der Waals surface area contributed by atoms with Crippen LogP contribution in [0.1, 0.15) is 17.2 Å². The van der Waals surface area contributed by atoms with Gasteiger partial charge in [0.25, 0.3) is 0 Å². The minimum atomic E-state index is -1.22. The van der Waals surface area contributed by atoms with Gasteiger partial charge in [0, 0.05) is 0 Å². The molecule has 0 aliphatic heterocycles. The normalized spacial score (nSPS) is 15.0. The Labute approximate surface area is 91.7 Å². The van der Waals surface area contributed by atoms with Crippen molar-refractivity contribution in [3.05, 3.63) is 35.1 Å². The van der Waals surface area contributed by atoms with Crippen LogP contribution >= 0.6 is 11.6 Å². The first kappa shape index (κ1) is 12.4. The molecule has 1 aromatic carbocycles. The third kappa shape index (κ3) is 2.89. The predicted molar refractivity (Wildman–Crippen MR) is 54.0 cm³/mol. The third-order valence-electron chi connectivity index (χ3n) is 2.12. The van der Waals surface area contributed by atoms with E-state index in [1.807, 2.05) is 0 Å². The lowest BCUT2D eigenvalue weighted by Crippen LogP contribution is -2.21. The molecule has 84 valence electrons. The van der Waals surface area contributed by atoms with Gasteiger partial charge >= 0.3 is 0 Å². The highest BCUT2D eigenvalue weighted by Crippen LogP contribution is 2.22. The largest absolute Gasteiger partial charge is 0.392 e. The first-order chi connectivity index (χ1) is 7.10. The van der Waals surface area contributed by atoms with Crippen LogP contribution < -0.4 is 0 Å². The molecule has 2 atom stereocenters. The molecule has 0 fully saturated rings. The van der Waals surface area contributed by atoms with Gasteiger partial charge in [0.2, 0.25) is 0 Å². The van der Waals surface area contributed by atoms with E-state index in [1.54, 1.807) is 0 Å². The monoisotopic (exact) mass is 234 g/mol. The van der Waals surface area contributed by atoms with Crippen molar-refractivity contribution in [1.82, 2.24) is 0 Å². The molecular formula is C10H12ClFO3. The first-order valence-corrected chi connectivity index (χ1v) is 4.95. The van der Waals surface area contributed by atoms with E-state index in [4.69, 9.17) is 16.7 Å². The molecule has 0 bridgehead atoms. The summed E-state index contributed by atoms with van der Waals surface area (Å²) in [5.74, 6) is -0.640. The molecule has 1 rings (SSSR count). The third-order valence-corrected chi connectivity index (χ3v) is 2.43. The van der Waals surface area contributed by atoms with Crippen molar-refractivity contribution < 1.29 is 19.7 Å². The Morgan fingerprint density at radius 1 is 1.33 bits per heavy atom. The molecule has 1 aromatic rings. The van der Waals surface area contributed by atoms with E-state index in [2.05, 4.69) is 0 Å². The van der Waals surface area contributed by atoms with Gasteiger partial charge in [0.05, 0.1) is 18.6 Å². The summed E-state index contributed by atoms with van der Waals surface area (Å²) in [5.41, 5.74) is 0.527. The van der Waals surface area contributed by atoms with E-state index in [-0.39, 0.29) is 17.0 Å². The number of aliphatic hydroxyl groups excluding tert-OH is 3. The first-order valence-electron chi connectivity index (χ1n) is 4.41. The Bertz CT molecular complexity index is 332. The highest BCUT2D eigenvalue weighted by molar-refractivity contribution is 6.18. The lowest BCUT2D eigenvalue weighted by atomic mass is 9.99. The summed E-state index contributed by atoms with van der Waals surface area (Å²) in [4.78, 5) is 0. The molecule has 0 saturated carbocycles. The SMILES string of the molecule is OCc1cc(F)ccc1C(O)C(O)CCl. The zero-order valence-electron chi connectivity index (χ0n) is 7.90. The Kier molecular flexibility index (Phi) is 4.47. The van der Waals surface area contributed by atoms with Gasteiger partial charge in [-0.1, -0.05) is 6.07 Å². The molecule has 0 aromatic heterocycles. The van der Waals surface area contributed by atoms with Crippen molar-refractivity contribution in [1.29, 1.82) is 0 Å². The van der Waals surface area contributed by atoms with E-state index >= 15 is 0 Å². The second-order valence-electron chi connectivity index (χ2n) is 3.17. The summed E-state index contributed by atoms with van der Waals surface area (Å²) in [6.07, 6.45) is -2.35. The number of aliphatic hydroxyl groups is 3. The maximum Gasteiger partial charge on any atom is 0.123 e. The predicted octanol–water partition coefficient (Wildman–Crippen LogP) is 0.951. The number of hydrogen-bond acceptors (Lipinski definition) is 3. The van der Waals surface area contributed by atoms with Crippen molar-refractivity contribution >= 4 is 11.6 Å². The molecule has 3 N–H and O–H groups in total. The maximum absolute atomic E-state index is 12.8. The zero-order chi connectivity index (χ0) is 11.4. The van der Waals surface area contributed by atoms with Gasteiger partial charge in [-0.3, -0.25) is 0 Å². The fourth-order valence-electron chi connectivity index (χ4n) is 1.29. The summed E-state index contributed by atoms with van der Waals surface area (Å²) in [6, 6.07) is 3.58. The average Bonchev–Trinajstić information content (AvgIpc) is 2.26.